The van der Waals surface area contributed by atoms with Gasteiger partial charge in [-0.2, -0.15) is 42.0 Å². The van der Waals surface area contributed by atoms with E-state index in [0.29, 0.717) is 38.9 Å². The summed E-state index contributed by atoms with van der Waals surface area (Å²) in [5.74, 6) is -0.593. The number of nitrogens with zero attached hydrogens (tertiary/aromatic N) is 7. The highest BCUT2D eigenvalue weighted by Gasteiger charge is 2.16. The van der Waals surface area contributed by atoms with Crippen LogP contribution in [0.15, 0.2) is 92.1 Å². The molecule has 1 aromatic heterocycles. The normalized spacial score (nSPS) is 11.6. The lowest BCUT2D eigenvalue weighted by atomic mass is 10.2. The Morgan fingerprint density at radius 2 is 1.09 bits per heavy atom. The number of halogens is 4. The van der Waals surface area contributed by atoms with Crippen molar-refractivity contribution < 1.29 is 38.6 Å². The van der Waals surface area contributed by atoms with Crippen LogP contribution in [0.2, 0.25) is 20.1 Å². The van der Waals surface area contributed by atoms with Crippen molar-refractivity contribution in [2.45, 2.75) is 18.7 Å². The maximum absolute atomic E-state index is 11.6. The zero-order valence-corrected chi connectivity index (χ0v) is 34.4. The first-order chi connectivity index (χ1) is 26.7. The summed E-state index contributed by atoms with van der Waals surface area (Å²) in [6, 6.07) is 17.0. The molecule has 5 rings (SSSR count). The van der Waals surface area contributed by atoms with Crippen molar-refractivity contribution in [1.29, 1.82) is 0 Å². The highest BCUT2D eigenvalue weighted by molar-refractivity contribution is 7.86. The van der Waals surface area contributed by atoms with Crippen LogP contribution in [0.3, 0.4) is 0 Å². The molecule has 0 atom stereocenters. The highest BCUT2D eigenvalue weighted by Crippen LogP contribution is 2.36. The Morgan fingerprint density at radius 1 is 0.632 bits per heavy atom. The van der Waals surface area contributed by atoms with Gasteiger partial charge in [0.1, 0.15) is 16.3 Å². The van der Waals surface area contributed by atoms with Crippen LogP contribution in [-0.2, 0) is 30.8 Å². The molecule has 26 heteroatoms. The van der Waals surface area contributed by atoms with Gasteiger partial charge in [0.25, 0.3) is 20.2 Å². The summed E-state index contributed by atoms with van der Waals surface area (Å²) >= 11 is 24.9. The molecule has 19 nitrogen and oxygen atoms in total. The zero-order chi connectivity index (χ0) is 42.1. The summed E-state index contributed by atoms with van der Waals surface area (Å²) in [6.07, 6.45) is 0. The summed E-state index contributed by atoms with van der Waals surface area (Å²) in [5.41, 5.74) is 3.58. The lowest BCUT2D eigenvalue weighted by molar-refractivity contribution is 0.481. The first-order valence-corrected chi connectivity index (χ1v) is 21.0. The zero-order valence-electron chi connectivity index (χ0n) is 28.9. The van der Waals surface area contributed by atoms with Gasteiger partial charge in [0.15, 0.2) is 0 Å². The van der Waals surface area contributed by atoms with E-state index in [1.807, 2.05) is 0 Å². The maximum atomic E-state index is 11.6. The molecule has 0 saturated heterocycles. The second-order valence-corrected chi connectivity index (χ2v) is 16.2. The molecule has 0 saturated carbocycles. The Hall–Kier alpha value is -4.91. The summed E-state index contributed by atoms with van der Waals surface area (Å²) in [6.45, 7) is 3.32. The quantitative estimate of drug-likeness (QED) is 0.0544. The molecule has 0 radical (unpaired) electrons. The van der Waals surface area contributed by atoms with E-state index in [1.165, 1.54) is 18.2 Å². The number of nitrogens with one attached hydrogen (secondary N) is 3. The van der Waals surface area contributed by atoms with E-state index < -0.39 is 41.5 Å². The Bertz CT molecular complexity index is 2710. The minimum Gasteiger partial charge on any atom is -0.353 e. The van der Waals surface area contributed by atoms with Gasteiger partial charge in [0.05, 0.1) is 32.2 Å². The summed E-state index contributed by atoms with van der Waals surface area (Å²) in [5, 5.41) is 26.2. The molecule has 0 fully saturated rings. The van der Waals surface area contributed by atoms with Gasteiger partial charge < -0.3 is 16.0 Å². The van der Waals surface area contributed by atoms with Crippen molar-refractivity contribution in [3.63, 3.8) is 0 Å². The summed E-state index contributed by atoms with van der Waals surface area (Å²) < 4.78 is 89.7. The topological polar surface area (TPSA) is 284 Å². The number of rotatable bonds is 13. The van der Waals surface area contributed by atoms with Crippen LogP contribution >= 0.6 is 46.4 Å². The van der Waals surface area contributed by atoms with Crippen molar-refractivity contribution in [3.05, 3.63) is 97.9 Å². The predicted octanol–water partition coefficient (Wildman–Crippen LogP) is 8.96. The van der Waals surface area contributed by atoms with E-state index >= 15 is 0 Å². The Labute approximate surface area is 346 Å². The molecular weight excluding hydrogens is 894 g/mol. The Balaban J connectivity index is 0.00000172. The van der Waals surface area contributed by atoms with Crippen LogP contribution in [0, 0.1) is 13.8 Å². The monoisotopic (exact) mass is 918 g/mol. The minimum absolute atomic E-state index is 0.0152. The van der Waals surface area contributed by atoms with Crippen LogP contribution in [0.25, 0.3) is 0 Å². The van der Waals surface area contributed by atoms with Crippen LogP contribution in [-0.4, -0.2) is 65.8 Å². The molecule has 57 heavy (non-hydrogen) atoms. The fourth-order valence-electron chi connectivity index (χ4n) is 4.34. The van der Waals surface area contributed by atoms with Gasteiger partial charge in [0, 0.05) is 22.9 Å². The number of aromatic nitrogens is 3. The SMILES string of the molecule is Cc1cc(N=Nc2ccc(Cl)cc2)c(Cl)cc1Nc1nc(NCCS(=O)(=O)O)nc(Nc2cc(Cl)c(N=Nc3ccc(Cl)c(S(=O)(=O)O)c3)cc2C)n1.O=S(=O)=O. The van der Waals surface area contributed by atoms with E-state index in [9.17, 15) is 25.9 Å². The average molecular weight is 921 g/mol. The molecule has 0 spiro atoms. The number of hydrogen-bond acceptors (Lipinski definition) is 17. The molecule has 0 aliphatic heterocycles. The fraction of sp³-hybridized carbons (Fsp3) is 0.129. The van der Waals surface area contributed by atoms with Gasteiger partial charge in [-0.15, -0.1) is 22.9 Å². The molecule has 0 amide bonds. The van der Waals surface area contributed by atoms with E-state index in [1.54, 1.807) is 56.3 Å². The molecule has 0 unspecified atom stereocenters. The van der Waals surface area contributed by atoms with Crippen molar-refractivity contribution in [1.82, 2.24) is 15.0 Å². The number of aryl methyl sites for hydroxylation is 2. The average Bonchev–Trinajstić information content (AvgIpc) is 3.10. The lowest BCUT2D eigenvalue weighted by Crippen LogP contribution is -2.17. The lowest BCUT2D eigenvalue weighted by Gasteiger charge is -2.14. The van der Waals surface area contributed by atoms with Crippen LogP contribution in [0.5, 0.6) is 0 Å². The number of anilines is 5. The van der Waals surface area contributed by atoms with E-state index in [4.69, 9.17) is 59.0 Å². The largest absolute Gasteiger partial charge is 0.425 e. The van der Waals surface area contributed by atoms with Gasteiger partial charge in [-0.1, -0.05) is 46.4 Å². The second kappa shape index (κ2) is 19.5. The van der Waals surface area contributed by atoms with Crippen LogP contribution in [0.4, 0.5) is 52.0 Å². The van der Waals surface area contributed by atoms with Gasteiger partial charge in [-0.05, 0) is 91.7 Å². The third-order valence-corrected chi connectivity index (χ3v) is 9.84. The molecule has 300 valence electrons. The van der Waals surface area contributed by atoms with Crippen molar-refractivity contribution in [2.24, 2.45) is 20.5 Å². The number of hydrogen-bond donors (Lipinski definition) is 5. The van der Waals surface area contributed by atoms with E-state index in [2.05, 4.69) is 51.4 Å². The van der Waals surface area contributed by atoms with Gasteiger partial charge in [-0.25, -0.2) is 0 Å². The molecule has 0 aliphatic rings. The third-order valence-electron chi connectivity index (χ3n) is 6.92. The first-order valence-electron chi connectivity index (χ1n) is 15.4. The van der Waals surface area contributed by atoms with Crippen molar-refractivity contribution in [3.8, 4) is 0 Å². The Kier molecular flexibility index (Phi) is 15.3. The Morgan fingerprint density at radius 3 is 1.56 bits per heavy atom. The molecule has 5 aromatic rings. The molecule has 0 aliphatic carbocycles. The fourth-order valence-corrected chi connectivity index (χ4v) is 6.22. The van der Waals surface area contributed by atoms with Crippen molar-refractivity contribution >= 4 is 129 Å². The molecular formula is C31H26Cl4N10O9S3. The van der Waals surface area contributed by atoms with E-state index in [-0.39, 0.29) is 50.8 Å². The van der Waals surface area contributed by atoms with Gasteiger partial charge >= 0.3 is 10.6 Å². The third kappa shape index (κ3) is 14.2. The van der Waals surface area contributed by atoms with Gasteiger partial charge in [-0.3, -0.25) is 9.11 Å². The molecule has 1 heterocycles. The second-order valence-electron chi connectivity index (χ2n) is 11.2. The van der Waals surface area contributed by atoms with Gasteiger partial charge in [0.2, 0.25) is 17.8 Å². The number of benzene rings is 4. The smallest absolute Gasteiger partial charge is 0.353 e. The number of azo groups is 2. The first kappa shape index (κ1) is 44.8. The van der Waals surface area contributed by atoms with Crippen LogP contribution in [0.1, 0.15) is 11.1 Å². The molecule has 4 aromatic carbocycles. The predicted molar refractivity (Wildman–Crippen MR) is 214 cm³/mol. The van der Waals surface area contributed by atoms with Crippen molar-refractivity contribution in [2.75, 3.05) is 28.2 Å². The highest BCUT2D eigenvalue weighted by atomic mass is 35.5. The van der Waals surface area contributed by atoms with Crippen LogP contribution < -0.4 is 16.0 Å². The minimum atomic E-state index is -4.59. The molecule has 5 N–H and O–H groups in total. The summed E-state index contributed by atoms with van der Waals surface area (Å²) in [7, 11) is -12.0. The summed E-state index contributed by atoms with van der Waals surface area (Å²) in [4.78, 5) is 12.6. The molecule has 0 bridgehead atoms. The van der Waals surface area contributed by atoms with E-state index in [0.717, 1.165) is 6.07 Å². The maximum Gasteiger partial charge on any atom is 0.425 e. The standard InChI is InChI=1S/C31H26Cl4N10O6S2.O3S/c1-16-11-26(44-42-19-5-3-18(32)4-6-19)22(34)14-24(16)37-30-39-29(36-9-10-52(46,47)48)40-31(41-30)38-25-15-23(35)27(12-17(25)2)45-43-20-7-8-21(33)28(13-20)53(49,50)51;1-4(2)3/h3-8,11-15H,9-10H2,1-2H3,(H,46,47,48)(H,49,50,51)(H3,36,37,38,39,40,41);.